The minimum Gasteiger partial charge on any atom is -0.446 e. The van der Waals surface area contributed by atoms with Crippen molar-refractivity contribution in [1.82, 2.24) is 19.2 Å². The van der Waals surface area contributed by atoms with Gasteiger partial charge in [0.2, 0.25) is 16.0 Å². The molecule has 1 fully saturated rings. The van der Waals surface area contributed by atoms with Gasteiger partial charge in [-0.1, -0.05) is 18.5 Å². The molecule has 1 aliphatic rings. The molecule has 168 valence electrons. The van der Waals surface area contributed by atoms with E-state index in [1.54, 1.807) is 6.92 Å². The van der Waals surface area contributed by atoms with E-state index in [1.165, 1.54) is 39.8 Å². The van der Waals surface area contributed by atoms with Gasteiger partial charge >= 0.3 is 6.09 Å². The van der Waals surface area contributed by atoms with Crippen molar-refractivity contribution in [3.63, 3.8) is 0 Å². The Hall–Kier alpha value is -2.63. The number of anilines is 1. The van der Waals surface area contributed by atoms with Crippen molar-refractivity contribution in [2.24, 2.45) is 0 Å². The van der Waals surface area contributed by atoms with Gasteiger partial charge in [0, 0.05) is 38.6 Å². The van der Waals surface area contributed by atoms with Gasteiger partial charge in [0.15, 0.2) is 0 Å². The van der Waals surface area contributed by atoms with Gasteiger partial charge in [-0.15, -0.1) is 0 Å². The van der Waals surface area contributed by atoms with Crippen LogP contribution in [0.25, 0.3) is 0 Å². The molecule has 0 bridgehead atoms. The number of rotatable bonds is 6. The van der Waals surface area contributed by atoms with Crippen molar-refractivity contribution in [3.05, 3.63) is 41.2 Å². The van der Waals surface area contributed by atoms with E-state index in [0.29, 0.717) is 6.42 Å². The van der Waals surface area contributed by atoms with Crippen molar-refractivity contribution >= 4 is 39.6 Å². The maximum Gasteiger partial charge on any atom is 0.410 e. The molecule has 0 spiro atoms. The number of hydrogen-bond donors (Lipinski definition) is 2. The zero-order valence-electron chi connectivity index (χ0n) is 17.2. The first-order chi connectivity index (χ1) is 14.7. The SMILES string of the molecule is CCC(C)OC(=O)N1CCN(S(=O)(=O)c2ccc(Cl)c(C(=O)Nc3ncc[nH]3)c2)CC1. The van der Waals surface area contributed by atoms with Gasteiger partial charge in [-0.3, -0.25) is 10.1 Å². The van der Waals surface area contributed by atoms with E-state index in [9.17, 15) is 18.0 Å². The number of halogens is 1. The number of H-pyrrole nitrogens is 1. The Morgan fingerprint density at radius 2 is 2.00 bits per heavy atom. The summed E-state index contributed by atoms with van der Waals surface area (Å²) in [4.78, 5) is 32.7. The summed E-state index contributed by atoms with van der Waals surface area (Å²) in [5, 5.41) is 2.63. The highest BCUT2D eigenvalue weighted by Gasteiger charge is 2.31. The number of aromatic amines is 1. The summed E-state index contributed by atoms with van der Waals surface area (Å²) in [6.07, 6.45) is 3.06. The van der Waals surface area contributed by atoms with E-state index in [4.69, 9.17) is 16.3 Å². The molecule has 1 saturated heterocycles. The highest BCUT2D eigenvalue weighted by Crippen LogP contribution is 2.24. The number of aromatic nitrogens is 2. The number of amides is 2. The number of hydrogen-bond acceptors (Lipinski definition) is 6. The standard InChI is InChI=1S/C19H24ClN5O5S/c1-3-13(2)30-19(27)24-8-10-25(11-9-24)31(28,29)14-4-5-16(20)15(12-14)17(26)23-18-21-6-7-22-18/h4-7,12-13H,3,8-11H2,1-2H3,(H2,21,22,23,26). The Morgan fingerprint density at radius 3 is 2.61 bits per heavy atom. The van der Waals surface area contributed by atoms with E-state index in [0.717, 1.165) is 0 Å². The van der Waals surface area contributed by atoms with Crippen LogP contribution in [0.5, 0.6) is 0 Å². The molecule has 3 rings (SSSR count). The van der Waals surface area contributed by atoms with Crippen LogP contribution in [0.4, 0.5) is 10.7 Å². The van der Waals surface area contributed by atoms with Gasteiger partial charge in [0.05, 0.1) is 15.5 Å². The first kappa shape index (κ1) is 23.0. The summed E-state index contributed by atoms with van der Waals surface area (Å²) >= 11 is 6.12. The smallest absolute Gasteiger partial charge is 0.410 e. The van der Waals surface area contributed by atoms with Crippen LogP contribution in [-0.4, -0.2) is 71.9 Å². The average Bonchev–Trinajstić information content (AvgIpc) is 3.26. The molecule has 2 aromatic rings. The highest BCUT2D eigenvalue weighted by molar-refractivity contribution is 7.89. The number of ether oxygens (including phenoxy) is 1. The van der Waals surface area contributed by atoms with Crippen molar-refractivity contribution in [2.75, 3.05) is 31.5 Å². The van der Waals surface area contributed by atoms with Crippen LogP contribution in [0.2, 0.25) is 5.02 Å². The van der Waals surface area contributed by atoms with Gasteiger partial charge < -0.3 is 14.6 Å². The van der Waals surface area contributed by atoms with Crippen molar-refractivity contribution in [3.8, 4) is 0 Å². The Balaban J connectivity index is 1.71. The molecule has 2 amide bonds. The maximum atomic E-state index is 13.1. The molecule has 1 atom stereocenters. The third-order valence-electron chi connectivity index (χ3n) is 4.92. The number of sulfonamides is 1. The number of nitrogens with one attached hydrogen (secondary N) is 2. The number of piperazine rings is 1. The topological polar surface area (TPSA) is 125 Å². The lowest BCUT2D eigenvalue weighted by Gasteiger charge is -2.34. The van der Waals surface area contributed by atoms with Gasteiger partial charge in [0.25, 0.3) is 5.91 Å². The Morgan fingerprint density at radius 1 is 1.29 bits per heavy atom. The highest BCUT2D eigenvalue weighted by atomic mass is 35.5. The number of imidazole rings is 1. The molecule has 2 heterocycles. The summed E-state index contributed by atoms with van der Waals surface area (Å²) in [6.45, 7) is 4.39. The lowest BCUT2D eigenvalue weighted by molar-refractivity contribution is 0.0592. The molecule has 0 radical (unpaired) electrons. The van der Waals surface area contributed by atoms with Crippen molar-refractivity contribution < 1.29 is 22.7 Å². The van der Waals surface area contributed by atoms with Crippen LogP contribution in [-0.2, 0) is 14.8 Å². The molecule has 10 nitrogen and oxygen atoms in total. The van der Waals surface area contributed by atoms with Crippen LogP contribution >= 0.6 is 11.6 Å². The molecule has 1 unspecified atom stereocenters. The first-order valence-corrected chi connectivity index (χ1v) is 11.6. The predicted octanol–water partition coefficient (Wildman–Crippen LogP) is 2.56. The molecule has 12 heteroatoms. The summed E-state index contributed by atoms with van der Waals surface area (Å²) in [5.41, 5.74) is 0.00917. The molecule has 31 heavy (non-hydrogen) atoms. The average molecular weight is 470 g/mol. The number of nitrogens with zero attached hydrogens (tertiary/aromatic N) is 3. The van der Waals surface area contributed by atoms with E-state index in [-0.39, 0.29) is 53.7 Å². The van der Waals surface area contributed by atoms with Crippen molar-refractivity contribution in [1.29, 1.82) is 0 Å². The number of carbonyl (C=O) groups excluding carboxylic acids is 2. The zero-order valence-corrected chi connectivity index (χ0v) is 18.7. The summed E-state index contributed by atoms with van der Waals surface area (Å²) < 4.78 is 32.7. The fourth-order valence-corrected chi connectivity index (χ4v) is 4.59. The van der Waals surface area contributed by atoms with Crippen LogP contribution < -0.4 is 5.32 Å². The first-order valence-electron chi connectivity index (χ1n) is 9.78. The third-order valence-corrected chi connectivity index (χ3v) is 7.15. The summed E-state index contributed by atoms with van der Waals surface area (Å²) in [6, 6.07) is 3.95. The van der Waals surface area contributed by atoms with E-state index < -0.39 is 22.0 Å². The van der Waals surface area contributed by atoms with E-state index >= 15 is 0 Å². The number of benzene rings is 1. The van der Waals surface area contributed by atoms with Gasteiger partial charge in [-0.2, -0.15) is 4.31 Å². The van der Waals surface area contributed by atoms with Crippen LogP contribution in [0.1, 0.15) is 30.6 Å². The zero-order chi connectivity index (χ0) is 22.6. The quantitative estimate of drug-likeness (QED) is 0.669. The predicted molar refractivity (Wildman–Crippen MR) is 115 cm³/mol. The maximum absolute atomic E-state index is 13.1. The molecule has 1 aliphatic heterocycles. The fraction of sp³-hybridized carbons (Fsp3) is 0.421. The summed E-state index contributed by atoms with van der Waals surface area (Å²) in [5.74, 6) is -0.371. The normalized spacial score (nSPS) is 16.0. The second-order valence-electron chi connectivity index (χ2n) is 7.03. The minimum atomic E-state index is -3.88. The minimum absolute atomic E-state index is 0.00917. The molecule has 1 aromatic heterocycles. The third kappa shape index (κ3) is 5.35. The molecular formula is C19H24ClN5O5S. The molecule has 0 saturated carbocycles. The van der Waals surface area contributed by atoms with E-state index in [2.05, 4.69) is 15.3 Å². The number of carbonyl (C=O) groups is 2. The molecule has 0 aliphatic carbocycles. The van der Waals surface area contributed by atoms with Crippen LogP contribution in [0.3, 0.4) is 0 Å². The lowest BCUT2D eigenvalue weighted by atomic mass is 10.2. The monoisotopic (exact) mass is 469 g/mol. The van der Waals surface area contributed by atoms with Gasteiger partial charge in [-0.05, 0) is 31.5 Å². The lowest BCUT2D eigenvalue weighted by Crippen LogP contribution is -2.51. The molecular weight excluding hydrogens is 446 g/mol. The van der Waals surface area contributed by atoms with Gasteiger partial charge in [0.1, 0.15) is 6.10 Å². The Bertz CT molecular complexity index is 1040. The van der Waals surface area contributed by atoms with Crippen LogP contribution in [0, 0.1) is 0 Å². The molecule has 1 aromatic carbocycles. The van der Waals surface area contributed by atoms with Gasteiger partial charge in [-0.25, -0.2) is 18.2 Å². The fourth-order valence-electron chi connectivity index (χ4n) is 2.94. The van der Waals surface area contributed by atoms with E-state index in [1.807, 2.05) is 6.92 Å². The second-order valence-corrected chi connectivity index (χ2v) is 9.37. The van der Waals surface area contributed by atoms with Crippen molar-refractivity contribution in [2.45, 2.75) is 31.3 Å². The molecule has 2 N–H and O–H groups in total. The Labute approximate surface area is 185 Å². The second kappa shape index (κ2) is 9.67. The Kier molecular flexibility index (Phi) is 7.19. The largest absolute Gasteiger partial charge is 0.446 e. The summed E-state index contributed by atoms with van der Waals surface area (Å²) in [7, 11) is -3.88. The van der Waals surface area contributed by atoms with Crippen LogP contribution in [0.15, 0.2) is 35.5 Å².